The number of nitrogens with zero attached hydrogens (tertiary/aromatic N) is 1. The number of amides is 2. The molecule has 5 atom stereocenters. The minimum absolute atomic E-state index is 0.0655. The Morgan fingerprint density at radius 1 is 1.20 bits per heavy atom. The van der Waals surface area contributed by atoms with Crippen molar-refractivity contribution < 1.29 is 23.8 Å². The van der Waals surface area contributed by atoms with Crippen LogP contribution in [0, 0.1) is 54.2 Å². The lowest BCUT2D eigenvalue weighted by molar-refractivity contribution is -0.135. The summed E-state index contributed by atoms with van der Waals surface area (Å²) in [6.45, 7) is 3.72. The molecule has 2 amide bonds. The van der Waals surface area contributed by atoms with Crippen molar-refractivity contribution in [1.29, 1.82) is 0 Å². The van der Waals surface area contributed by atoms with E-state index in [4.69, 9.17) is 17.6 Å². The topological polar surface area (TPSA) is 90.9 Å². The number of aliphatic hydroxyl groups is 1. The van der Waals surface area contributed by atoms with E-state index in [1.54, 1.807) is 11.0 Å². The fraction of sp³-hybridized carbons (Fsp3) is 0.500. The lowest BCUT2D eigenvalue weighted by atomic mass is 9.97. The zero-order valence-corrected chi connectivity index (χ0v) is 25.4. The number of hydrogen-bond donors (Lipinski definition) is 3. The summed E-state index contributed by atoms with van der Waals surface area (Å²) in [5.41, 5.74) is 2.37. The molecule has 3 N–H and O–H groups in total. The molecule has 2 aromatic rings. The summed E-state index contributed by atoms with van der Waals surface area (Å²) in [5.74, 6) is 3.54. The fourth-order valence-electron chi connectivity index (χ4n) is 6.54. The first kappa shape index (κ1) is 31.6. The number of carbonyl (C=O) groups excluding carboxylic acids is 2. The summed E-state index contributed by atoms with van der Waals surface area (Å²) in [4.78, 5) is 28.6. The standard InChI is InChI=1S/C36H42FN3O4/c1-4-8-30-32-33(30)35(43)40(16-5-2)17-12-26(23-44-29-20-25(19-28(37)21-29)11-15-38-34(32)42)31(41)22-39-36(13-14-36)27-10-7-9-24(6-3)18-27/h1,3,7,9-10,18-21,26,30-33,39,41H,5,8,11-17,22-23H2,2H3,(H,38,42). The highest BCUT2D eigenvalue weighted by molar-refractivity contribution is 5.93. The lowest BCUT2D eigenvalue weighted by Gasteiger charge is -2.29. The molecule has 0 saturated heterocycles. The molecule has 1 aliphatic heterocycles. The first-order valence-corrected chi connectivity index (χ1v) is 15.7. The van der Waals surface area contributed by atoms with Gasteiger partial charge in [0.15, 0.2) is 0 Å². The number of halogens is 1. The molecule has 2 aromatic carbocycles. The molecule has 232 valence electrons. The summed E-state index contributed by atoms with van der Waals surface area (Å²) >= 11 is 0. The van der Waals surface area contributed by atoms with Gasteiger partial charge in [-0.15, -0.1) is 18.8 Å². The second-order valence-electron chi connectivity index (χ2n) is 12.4. The van der Waals surface area contributed by atoms with Gasteiger partial charge in [0.1, 0.15) is 11.6 Å². The largest absolute Gasteiger partial charge is 0.493 e. The normalized spacial score (nSPS) is 25.4. The quantitative estimate of drug-likeness (QED) is 0.404. The molecule has 2 aliphatic carbocycles. The number of terminal acetylenes is 2. The molecule has 0 radical (unpaired) electrons. The first-order chi connectivity index (χ1) is 21.3. The highest BCUT2D eigenvalue weighted by atomic mass is 19.1. The summed E-state index contributed by atoms with van der Waals surface area (Å²) in [6.07, 6.45) is 14.3. The van der Waals surface area contributed by atoms with E-state index < -0.39 is 23.8 Å². The van der Waals surface area contributed by atoms with Crippen LogP contribution in [-0.2, 0) is 21.5 Å². The van der Waals surface area contributed by atoms with E-state index >= 15 is 0 Å². The van der Waals surface area contributed by atoms with Crippen LogP contribution in [0.4, 0.5) is 4.39 Å². The number of fused-ring (bicyclic) bond motifs is 3. The van der Waals surface area contributed by atoms with Gasteiger partial charge in [0.25, 0.3) is 0 Å². The molecule has 2 fully saturated rings. The van der Waals surface area contributed by atoms with E-state index in [1.807, 2.05) is 25.1 Å². The van der Waals surface area contributed by atoms with Crippen LogP contribution in [0.2, 0.25) is 0 Å². The highest BCUT2D eigenvalue weighted by Gasteiger charge is 2.59. The number of ether oxygens (including phenoxy) is 1. The second kappa shape index (κ2) is 13.8. The van der Waals surface area contributed by atoms with Crippen molar-refractivity contribution in [2.24, 2.45) is 23.7 Å². The molecule has 1 heterocycles. The van der Waals surface area contributed by atoms with Crippen LogP contribution in [-0.4, -0.2) is 60.7 Å². The zero-order valence-electron chi connectivity index (χ0n) is 25.4. The van der Waals surface area contributed by atoms with Gasteiger partial charge >= 0.3 is 0 Å². The van der Waals surface area contributed by atoms with E-state index in [1.165, 1.54) is 12.1 Å². The van der Waals surface area contributed by atoms with Gasteiger partial charge in [0.2, 0.25) is 11.8 Å². The Hall–Kier alpha value is -3.85. The van der Waals surface area contributed by atoms with Crippen molar-refractivity contribution >= 4 is 11.8 Å². The van der Waals surface area contributed by atoms with Crippen LogP contribution in [0.15, 0.2) is 42.5 Å². The molecular weight excluding hydrogens is 557 g/mol. The van der Waals surface area contributed by atoms with Crippen LogP contribution in [0.3, 0.4) is 0 Å². The minimum atomic E-state index is -0.789. The van der Waals surface area contributed by atoms with Gasteiger partial charge in [-0.2, -0.15) is 0 Å². The van der Waals surface area contributed by atoms with Crippen LogP contribution < -0.4 is 15.4 Å². The molecule has 44 heavy (non-hydrogen) atoms. The molecular formula is C36H42FN3O4. The molecule has 0 aromatic heterocycles. The Balaban J connectivity index is 1.35. The van der Waals surface area contributed by atoms with Crippen LogP contribution in [0.25, 0.3) is 0 Å². The van der Waals surface area contributed by atoms with Gasteiger partial charge in [0.05, 0.1) is 24.5 Å². The molecule has 2 bridgehead atoms. The van der Waals surface area contributed by atoms with Gasteiger partial charge in [-0.25, -0.2) is 4.39 Å². The Labute approximate surface area is 259 Å². The Morgan fingerprint density at radius 3 is 2.75 bits per heavy atom. The third kappa shape index (κ3) is 7.26. The van der Waals surface area contributed by atoms with Crippen LogP contribution >= 0.6 is 0 Å². The number of rotatable bonds is 8. The van der Waals surface area contributed by atoms with Crippen molar-refractivity contribution in [3.63, 3.8) is 0 Å². The predicted molar refractivity (Wildman–Crippen MR) is 167 cm³/mol. The monoisotopic (exact) mass is 599 g/mol. The van der Waals surface area contributed by atoms with Crippen molar-refractivity contribution in [2.45, 2.75) is 57.1 Å². The summed E-state index contributed by atoms with van der Waals surface area (Å²) < 4.78 is 20.6. The van der Waals surface area contributed by atoms with E-state index in [9.17, 15) is 19.1 Å². The fourth-order valence-corrected chi connectivity index (χ4v) is 6.54. The molecule has 0 spiro atoms. The molecule has 7 nitrogen and oxygen atoms in total. The first-order valence-electron chi connectivity index (χ1n) is 15.7. The highest BCUT2D eigenvalue weighted by Crippen LogP contribution is 2.50. The predicted octanol–water partition coefficient (Wildman–Crippen LogP) is 3.63. The van der Waals surface area contributed by atoms with Gasteiger partial charge in [-0.05, 0) is 73.4 Å². The van der Waals surface area contributed by atoms with Crippen LogP contribution in [0.5, 0.6) is 5.75 Å². The van der Waals surface area contributed by atoms with E-state index in [2.05, 4.69) is 28.5 Å². The van der Waals surface area contributed by atoms with E-state index in [0.29, 0.717) is 56.8 Å². The Morgan fingerprint density at radius 2 is 2.02 bits per heavy atom. The Bertz CT molecular complexity index is 1440. The average molecular weight is 600 g/mol. The smallest absolute Gasteiger partial charge is 0.226 e. The average Bonchev–Trinajstić information content (AvgIpc) is 3.94. The molecule has 5 unspecified atom stereocenters. The van der Waals surface area contributed by atoms with Crippen molar-refractivity contribution in [1.82, 2.24) is 15.5 Å². The van der Waals surface area contributed by atoms with Gasteiger partial charge in [-0.1, -0.05) is 25.0 Å². The second-order valence-corrected chi connectivity index (χ2v) is 12.4. The van der Waals surface area contributed by atoms with E-state index in [-0.39, 0.29) is 35.8 Å². The maximum absolute atomic E-state index is 14.5. The SMILES string of the molecule is C#CCC1C2C(=O)NCCc3cc(F)cc(c3)OCC(C(O)CNC3(c4cccc(C#C)c4)CC3)CCN(CCC)C(=O)C12. The minimum Gasteiger partial charge on any atom is -0.493 e. The maximum atomic E-state index is 14.5. The Kier molecular flexibility index (Phi) is 9.93. The maximum Gasteiger partial charge on any atom is 0.226 e. The van der Waals surface area contributed by atoms with E-state index in [0.717, 1.165) is 30.4 Å². The van der Waals surface area contributed by atoms with Crippen molar-refractivity contribution in [3.05, 3.63) is 65.0 Å². The number of hydrogen-bond acceptors (Lipinski definition) is 5. The molecule has 8 heteroatoms. The number of carbonyl (C=O) groups is 2. The van der Waals surface area contributed by atoms with Crippen LogP contribution in [0.1, 0.15) is 55.7 Å². The zero-order chi connectivity index (χ0) is 31.3. The molecule has 2 saturated carbocycles. The number of nitrogens with one attached hydrogen (secondary N) is 2. The van der Waals surface area contributed by atoms with Gasteiger partial charge in [-0.3, -0.25) is 9.59 Å². The summed E-state index contributed by atoms with van der Waals surface area (Å²) in [6, 6.07) is 12.4. The summed E-state index contributed by atoms with van der Waals surface area (Å²) in [5, 5.41) is 18.0. The number of aliphatic hydroxyl groups excluding tert-OH is 1. The van der Waals surface area contributed by atoms with Crippen molar-refractivity contribution in [2.75, 3.05) is 32.8 Å². The molecule has 3 aliphatic rings. The molecule has 5 rings (SSSR count). The van der Waals surface area contributed by atoms with Crippen molar-refractivity contribution in [3.8, 4) is 30.4 Å². The number of benzene rings is 2. The third-order valence-corrected chi connectivity index (χ3v) is 9.32. The van der Waals surface area contributed by atoms with Gasteiger partial charge in [0, 0.05) is 55.7 Å². The lowest BCUT2D eigenvalue weighted by Crippen LogP contribution is -2.43. The summed E-state index contributed by atoms with van der Waals surface area (Å²) in [7, 11) is 0. The third-order valence-electron chi connectivity index (χ3n) is 9.32. The van der Waals surface area contributed by atoms with Gasteiger partial charge < -0.3 is 25.4 Å².